The van der Waals surface area contributed by atoms with Crippen LogP contribution < -0.4 is 9.47 Å². The zero-order valence-electron chi connectivity index (χ0n) is 24.3. The molecule has 1 amide bonds. The number of H-pyrrole nitrogens is 1. The van der Waals surface area contributed by atoms with E-state index >= 15 is 0 Å². The molecule has 0 unspecified atom stereocenters. The molecule has 1 aromatic heterocycles. The van der Waals surface area contributed by atoms with Gasteiger partial charge in [-0.25, -0.2) is 9.78 Å². The van der Waals surface area contributed by atoms with Crippen molar-refractivity contribution in [3.05, 3.63) is 88.7 Å². The number of hydrogen-bond acceptors (Lipinski definition) is 5. The number of aromatic amines is 1. The number of ether oxygens (including phenoxy) is 3. The second-order valence-electron chi connectivity index (χ2n) is 11.0. The summed E-state index contributed by atoms with van der Waals surface area (Å²) in [5, 5.41) is 0.671. The number of amides is 1. The van der Waals surface area contributed by atoms with Gasteiger partial charge < -0.3 is 24.1 Å². The highest BCUT2D eigenvalue weighted by Gasteiger charge is 2.24. The molecule has 1 N–H and O–H groups in total. The summed E-state index contributed by atoms with van der Waals surface area (Å²) in [4.78, 5) is 22.6. The fraction of sp³-hybridized carbons (Fsp3) is 0.412. The van der Waals surface area contributed by atoms with Crippen LogP contribution in [0.1, 0.15) is 62.4 Å². The van der Waals surface area contributed by atoms with E-state index in [9.17, 15) is 4.79 Å². The normalized spacial score (nSPS) is 15.1. The van der Waals surface area contributed by atoms with Crippen LogP contribution in [0.3, 0.4) is 0 Å². The van der Waals surface area contributed by atoms with E-state index in [0.29, 0.717) is 30.8 Å². The molecular formula is C34H40ClN3O4. The number of unbranched alkanes of at least 4 members (excludes halogenated alkanes) is 1. The van der Waals surface area contributed by atoms with Gasteiger partial charge in [0.05, 0.1) is 12.1 Å². The van der Waals surface area contributed by atoms with Crippen molar-refractivity contribution in [2.45, 2.75) is 65.1 Å². The molecule has 2 heterocycles. The highest BCUT2D eigenvalue weighted by Crippen LogP contribution is 2.32. The molecule has 42 heavy (non-hydrogen) atoms. The number of hydrogen-bond donors (Lipinski definition) is 1. The maximum Gasteiger partial charge on any atom is 0.409 e. The van der Waals surface area contributed by atoms with Crippen LogP contribution in [0.15, 0.2) is 66.7 Å². The average molecular weight is 590 g/mol. The fourth-order valence-electron chi connectivity index (χ4n) is 5.42. The van der Waals surface area contributed by atoms with Gasteiger partial charge in [-0.05, 0) is 85.9 Å². The number of carbonyl (C=O) groups excluding carboxylic acids is 1. The van der Waals surface area contributed by atoms with E-state index in [1.807, 2.05) is 35.2 Å². The smallest absolute Gasteiger partial charge is 0.409 e. The van der Waals surface area contributed by atoms with Gasteiger partial charge in [0.2, 0.25) is 0 Å². The minimum atomic E-state index is -0.162. The Balaban J connectivity index is 1.25. The third-order valence-corrected chi connectivity index (χ3v) is 7.97. The van der Waals surface area contributed by atoms with Gasteiger partial charge in [-0.2, -0.15) is 0 Å². The van der Waals surface area contributed by atoms with E-state index < -0.39 is 0 Å². The molecule has 8 heteroatoms. The lowest BCUT2D eigenvalue weighted by molar-refractivity contribution is 0.0820. The number of aryl methyl sites for hydroxylation is 1. The van der Waals surface area contributed by atoms with Gasteiger partial charge in [0, 0.05) is 18.1 Å². The molecule has 1 saturated heterocycles. The molecule has 4 aromatic rings. The van der Waals surface area contributed by atoms with E-state index in [1.54, 1.807) is 12.1 Å². The molecule has 5 rings (SSSR count). The van der Waals surface area contributed by atoms with Crippen LogP contribution >= 0.6 is 11.6 Å². The molecule has 0 radical (unpaired) electrons. The zero-order chi connectivity index (χ0) is 29.1. The summed E-state index contributed by atoms with van der Waals surface area (Å²) >= 11 is 6.00. The minimum absolute atomic E-state index is 0.162. The monoisotopic (exact) mass is 589 g/mol. The summed E-state index contributed by atoms with van der Waals surface area (Å²) in [5.74, 6) is 2.76. The second kappa shape index (κ2) is 15.0. The Morgan fingerprint density at radius 1 is 1.02 bits per heavy atom. The number of nitrogens with zero attached hydrogens (tertiary/aromatic N) is 2. The number of rotatable bonds is 13. The van der Waals surface area contributed by atoms with Crippen LogP contribution in [-0.2, 0) is 24.4 Å². The van der Waals surface area contributed by atoms with E-state index in [2.05, 4.69) is 36.2 Å². The van der Waals surface area contributed by atoms with E-state index in [0.717, 1.165) is 97.5 Å². The number of halogens is 1. The lowest BCUT2D eigenvalue weighted by Crippen LogP contribution is -2.40. The van der Waals surface area contributed by atoms with E-state index in [4.69, 9.17) is 30.8 Å². The largest absolute Gasteiger partial charge is 0.486 e. The Morgan fingerprint density at radius 2 is 1.86 bits per heavy atom. The molecule has 0 spiro atoms. The molecule has 3 aromatic carbocycles. The number of imidazole rings is 1. The summed E-state index contributed by atoms with van der Waals surface area (Å²) in [5.41, 5.74) is 3.98. The van der Waals surface area contributed by atoms with Crippen molar-refractivity contribution in [2.75, 3.05) is 19.7 Å². The molecule has 1 fully saturated rings. The zero-order valence-corrected chi connectivity index (χ0v) is 25.1. The van der Waals surface area contributed by atoms with Crippen molar-refractivity contribution in [3.8, 4) is 11.5 Å². The van der Waals surface area contributed by atoms with E-state index in [1.165, 1.54) is 0 Å². The minimum Gasteiger partial charge on any atom is -0.486 e. The molecular weight excluding hydrogens is 550 g/mol. The first-order valence-electron chi connectivity index (χ1n) is 15.1. The lowest BCUT2D eigenvalue weighted by Gasteiger charge is -2.32. The Morgan fingerprint density at radius 3 is 2.67 bits per heavy atom. The topological polar surface area (TPSA) is 76.7 Å². The lowest BCUT2D eigenvalue weighted by atomic mass is 9.92. The van der Waals surface area contributed by atoms with Crippen molar-refractivity contribution in [2.24, 2.45) is 5.92 Å². The van der Waals surface area contributed by atoms with Crippen LogP contribution in [0.5, 0.6) is 11.5 Å². The standard InChI is InChI=1S/C34H40ClN3O4/c1-2-3-21-40-34(39)38-20-8-12-25(22-38)11-7-13-27-14-19-30-32(33(27)42-23-26-9-5-4-6-10-26)37-31(36-30)24-41-29-17-15-28(35)16-18-29/h4-6,9-10,14-19,25H,2-3,7-8,11-13,20-24H2,1H3,(H,36,37)/t25-/m0/s1. The maximum absolute atomic E-state index is 12.5. The van der Waals surface area contributed by atoms with Gasteiger partial charge >= 0.3 is 6.09 Å². The number of aromatic nitrogens is 2. The van der Waals surface area contributed by atoms with Gasteiger partial charge in [0.25, 0.3) is 0 Å². The summed E-state index contributed by atoms with van der Waals surface area (Å²) in [6, 6.07) is 21.7. The highest BCUT2D eigenvalue weighted by molar-refractivity contribution is 6.30. The first-order chi connectivity index (χ1) is 20.6. The van der Waals surface area contributed by atoms with Gasteiger partial charge in [-0.3, -0.25) is 0 Å². The van der Waals surface area contributed by atoms with Crippen molar-refractivity contribution < 1.29 is 19.0 Å². The summed E-state index contributed by atoms with van der Waals surface area (Å²) in [6.45, 7) is 4.95. The SMILES string of the molecule is CCCCOC(=O)N1CCC[C@H](CCCc2ccc3[nH]c(COc4ccc(Cl)cc4)nc3c2OCc2ccccc2)C1. The number of likely N-dealkylation sites (tertiary alicyclic amines) is 1. The van der Waals surface area contributed by atoms with Crippen LogP contribution in [0.25, 0.3) is 11.0 Å². The van der Waals surface area contributed by atoms with Crippen molar-refractivity contribution >= 4 is 28.7 Å². The fourth-order valence-corrected chi connectivity index (χ4v) is 5.55. The first-order valence-corrected chi connectivity index (χ1v) is 15.4. The number of carbonyl (C=O) groups is 1. The molecule has 7 nitrogen and oxygen atoms in total. The maximum atomic E-state index is 12.5. The molecule has 222 valence electrons. The Labute approximate surface area is 253 Å². The van der Waals surface area contributed by atoms with Crippen LogP contribution in [0.2, 0.25) is 5.02 Å². The molecule has 0 aliphatic carbocycles. The van der Waals surface area contributed by atoms with E-state index in [-0.39, 0.29) is 6.09 Å². The van der Waals surface area contributed by atoms with Gasteiger partial charge in [-0.15, -0.1) is 0 Å². The van der Waals surface area contributed by atoms with Gasteiger partial charge in [-0.1, -0.05) is 61.3 Å². The highest BCUT2D eigenvalue weighted by atomic mass is 35.5. The summed E-state index contributed by atoms with van der Waals surface area (Å²) in [7, 11) is 0. The van der Waals surface area contributed by atoms with Gasteiger partial charge in [0.1, 0.15) is 30.3 Å². The van der Waals surface area contributed by atoms with Crippen LogP contribution in [0.4, 0.5) is 4.79 Å². The number of fused-ring (bicyclic) bond motifs is 1. The number of nitrogens with one attached hydrogen (secondary N) is 1. The quantitative estimate of drug-likeness (QED) is 0.159. The Hall–Kier alpha value is -3.71. The molecule has 1 aliphatic heterocycles. The van der Waals surface area contributed by atoms with Crippen molar-refractivity contribution in [1.29, 1.82) is 0 Å². The third-order valence-electron chi connectivity index (χ3n) is 7.71. The predicted octanol–water partition coefficient (Wildman–Crippen LogP) is 8.35. The van der Waals surface area contributed by atoms with Crippen LogP contribution in [0, 0.1) is 5.92 Å². The molecule has 0 saturated carbocycles. The Kier molecular flexibility index (Phi) is 10.6. The molecule has 0 bridgehead atoms. The number of benzene rings is 3. The first kappa shape index (κ1) is 29.8. The molecule has 1 atom stereocenters. The molecule has 1 aliphatic rings. The van der Waals surface area contributed by atoms with Crippen molar-refractivity contribution in [3.63, 3.8) is 0 Å². The average Bonchev–Trinajstić information content (AvgIpc) is 3.44. The number of piperidine rings is 1. The third kappa shape index (κ3) is 8.19. The second-order valence-corrected chi connectivity index (χ2v) is 11.4. The summed E-state index contributed by atoms with van der Waals surface area (Å²) < 4.78 is 17.8. The Bertz CT molecular complexity index is 1420. The van der Waals surface area contributed by atoms with Crippen molar-refractivity contribution in [1.82, 2.24) is 14.9 Å². The van der Waals surface area contributed by atoms with Gasteiger partial charge in [0.15, 0.2) is 5.75 Å². The van der Waals surface area contributed by atoms with Crippen LogP contribution in [-0.4, -0.2) is 40.7 Å². The summed E-state index contributed by atoms with van der Waals surface area (Å²) in [6.07, 6.45) is 6.88. The predicted molar refractivity (Wildman–Crippen MR) is 166 cm³/mol.